The molecule has 0 aromatic heterocycles. The predicted octanol–water partition coefficient (Wildman–Crippen LogP) is 5.38. The molecule has 5 rings (SSSR count). The molecule has 1 heterocycles. The SMILES string of the molecule is C1=C(c2ccccc2)CC2(c3ccccc3)OOC3(CCCCC3)OC12. The van der Waals surface area contributed by atoms with E-state index in [1.54, 1.807) is 0 Å². The second-order valence-electron chi connectivity index (χ2n) is 7.67. The molecular weight excluding hydrogens is 324 g/mol. The minimum Gasteiger partial charge on any atom is -0.336 e. The van der Waals surface area contributed by atoms with E-state index >= 15 is 0 Å². The molecule has 2 atom stereocenters. The molecule has 1 aliphatic heterocycles. The third kappa shape index (κ3) is 2.62. The summed E-state index contributed by atoms with van der Waals surface area (Å²) in [6.45, 7) is 0. The van der Waals surface area contributed by atoms with Crippen molar-refractivity contribution in [2.45, 2.75) is 56.0 Å². The molecule has 2 unspecified atom stereocenters. The molecule has 3 heteroatoms. The minimum atomic E-state index is -0.602. The third-order valence-electron chi connectivity index (χ3n) is 5.97. The number of fused-ring (bicyclic) bond motifs is 1. The molecule has 2 aliphatic carbocycles. The van der Waals surface area contributed by atoms with Gasteiger partial charge >= 0.3 is 0 Å². The Morgan fingerprint density at radius 3 is 2.19 bits per heavy atom. The van der Waals surface area contributed by atoms with Crippen LogP contribution in [-0.2, 0) is 20.1 Å². The first-order chi connectivity index (χ1) is 12.8. The summed E-state index contributed by atoms with van der Waals surface area (Å²) in [6, 6.07) is 20.9. The molecular formula is C23H24O3. The molecule has 3 aliphatic rings. The van der Waals surface area contributed by atoms with E-state index in [1.165, 1.54) is 17.6 Å². The lowest BCUT2D eigenvalue weighted by atomic mass is 9.86. The zero-order chi connectivity index (χ0) is 17.5. The van der Waals surface area contributed by atoms with Crippen molar-refractivity contribution in [2.24, 2.45) is 0 Å². The van der Waals surface area contributed by atoms with Crippen LogP contribution in [0, 0.1) is 0 Å². The van der Waals surface area contributed by atoms with Crippen molar-refractivity contribution in [3.8, 4) is 0 Å². The maximum Gasteiger partial charge on any atom is 0.202 e. The van der Waals surface area contributed by atoms with Gasteiger partial charge in [0, 0.05) is 19.3 Å². The Morgan fingerprint density at radius 2 is 1.46 bits per heavy atom. The Bertz CT molecular complexity index is 793. The van der Waals surface area contributed by atoms with Gasteiger partial charge in [0.05, 0.1) is 0 Å². The summed E-state index contributed by atoms with van der Waals surface area (Å²) < 4.78 is 6.62. The van der Waals surface area contributed by atoms with Crippen LogP contribution in [0.15, 0.2) is 66.7 Å². The van der Waals surface area contributed by atoms with Gasteiger partial charge in [0.2, 0.25) is 5.79 Å². The number of rotatable bonds is 2. The molecule has 2 aromatic rings. The quantitative estimate of drug-likeness (QED) is 0.682. The Kier molecular flexibility index (Phi) is 3.96. The van der Waals surface area contributed by atoms with Crippen molar-refractivity contribution in [1.29, 1.82) is 0 Å². The van der Waals surface area contributed by atoms with Gasteiger partial charge in [0.25, 0.3) is 0 Å². The van der Waals surface area contributed by atoms with E-state index in [2.05, 4.69) is 54.6 Å². The zero-order valence-electron chi connectivity index (χ0n) is 14.9. The minimum absolute atomic E-state index is 0.132. The third-order valence-corrected chi connectivity index (χ3v) is 5.97. The van der Waals surface area contributed by atoms with Gasteiger partial charge in [0.15, 0.2) is 5.60 Å². The first-order valence-electron chi connectivity index (χ1n) is 9.66. The van der Waals surface area contributed by atoms with Crippen molar-refractivity contribution < 1.29 is 14.5 Å². The fourth-order valence-electron chi connectivity index (χ4n) is 4.54. The van der Waals surface area contributed by atoms with E-state index in [1.807, 2.05) is 12.1 Å². The summed E-state index contributed by atoms with van der Waals surface area (Å²) in [5, 5.41) is 0. The van der Waals surface area contributed by atoms with E-state index in [4.69, 9.17) is 14.5 Å². The Labute approximate surface area is 154 Å². The summed E-state index contributed by atoms with van der Waals surface area (Å²) in [6.07, 6.45) is 8.18. The van der Waals surface area contributed by atoms with Crippen LogP contribution in [0.2, 0.25) is 0 Å². The van der Waals surface area contributed by atoms with Gasteiger partial charge in [-0.2, -0.15) is 0 Å². The van der Waals surface area contributed by atoms with Gasteiger partial charge < -0.3 is 4.74 Å². The smallest absolute Gasteiger partial charge is 0.202 e. The van der Waals surface area contributed by atoms with E-state index in [0.29, 0.717) is 0 Å². The second-order valence-corrected chi connectivity index (χ2v) is 7.67. The average molecular weight is 348 g/mol. The average Bonchev–Trinajstić information content (AvgIpc) is 3.10. The van der Waals surface area contributed by atoms with Crippen molar-refractivity contribution in [3.05, 3.63) is 77.9 Å². The number of ether oxygens (including phenoxy) is 1. The predicted molar refractivity (Wildman–Crippen MR) is 100 cm³/mol. The van der Waals surface area contributed by atoms with E-state index in [0.717, 1.165) is 37.7 Å². The van der Waals surface area contributed by atoms with Crippen molar-refractivity contribution in [3.63, 3.8) is 0 Å². The zero-order valence-corrected chi connectivity index (χ0v) is 14.9. The molecule has 0 N–H and O–H groups in total. The highest BCUT2D eigenvalue weighted by atomic mass is 17.2. The number of hydrogen-bond acceptors (Lipinski definition) is 3. The molecule has 134 valence electrons. The molecule has 3 nitrogen and oxygen atoms in total. The lowest BCUT2D eigenvalue weighted by molar-refractivity contribution is -0.530. The fraction of sp³-hybridized carbons (Fsp3) is 0.391. The largest absolute Gasteiger partial charge is 0.336 e. The second kappa shape index (κ2) is 6.34. The van der Waals surface area contributed by atoms with Gasteiger partial charge in [-0.25, -0.2) is 9.78 Å². The van der Waals surface area contributed by atoms with Gasteiger partial charge in [-0.15, -0.1) is 0 Å². The normalized spacial score (nSPS) is 30.0. The standard InChI is InChI=1S/C23H24O3/c1-4-10-18(11-5-1)19-16-21-23(17-19,20-12-6-2-7-13-20)26-25-22(24-21)14-8-3-9-15-22/h1-2,4-7,10-13,16,21H,3,8-9,14-15,17H2. The highest BCUT2D eigenvalue weighted by Crippen LogP contribution is 2.53. The Hall–Kier alpha value is -1.94. The lowest BCUT2D eigenvalue weighted by Gasteiger charge is -2.48. The van der Waals surface area contributed by atoms with Crippen LogP contribution in [-0.4, -0.2) is 11.9 Å². The molecule has 26 heavy (non-hydrogen) atoms. The van der Waals surface area contributed by atoms with E-state index in [9.17, 15) is 0 Å². The van der Waals surface area contributed by atoms with Crippen LogP contribution in [0.1, 0.15) is 49.7 Å². The lowest BCUT2D eigenvalue weighted by Crippen LogP contribution is -2.54. The van der Waals surface area contributed by atoms with Crippen LogP contribution in [0.3, 0.4) is 0 Å². The first-order valence-corrected chi connectivity index (χ1v) is 9.66. The van der Waals surface area contributed by atoms with Gasteiger partial charge in [-0.3, -0.25) is 0 Å². The number of hydrogen-bond donors (Lipinski definition) is 0. The van der Waals surface area contributed by atoms with Gasteiger partial charge in [0.1, 0.15) is 6.10 Å². The summed E-state index contributed by atoms with van der Waals surface area (Å²) >= 11 is 0. The molecule has 0 amide bonds. The fourth-order valence-corrected chi connectivity index (χ4v) is 4.54. The maximum atomic E-state index is 6.62. The molecule has 0 radical (unpaired) electrons. The highest BCUT2D eigenvalue weighted by molar-refractivity contribution is 5.70. The van der Waals surface area contributed by atoms with E-state index in [-0.39, 0.29) is 6.10 Å². The maximum absolute atomic E-state index is 6.62. The Morgan fingerprint density at radius 1 is 0.769 bits per heavy atom. The van der Waals surface area contributed by atoms with Crippen LogP contribution < -0.4 is 0 Å². The topological polar surface area (TPSA) is 27.7 Å². The van der Waals surface area contributed by atoms with E-state index < -0.39 is 11.4 Å². The summed E-state index contributed by atoms with van der Waals surface area (Å²) in [5.74, 6) is -0.580. The first kappa shape index (κ1) is 16.2. The van der Waals surface area contributed by atoms with Crippen LogP contribution in [0.4, 0.5) is 0 Å². The van der Waals surface area contributed by atoms with Crippen LogP contribution >= 0.6 is 0 Å². The van der Waals surface area contributed by atoms with Gasteiger partial charge in [-0.05, 0) is 35.6 Å². The van der Waals surface area contributed by atoms with Crippen molar-refractivity contribution in [2.75, 3.05) is 0 Å². The van der Waals surface area contributed by atoms with Crippen LogP contribution in [0.5, 0.6) is 0 Å². The molecule has 0 bridgehead atoms. The van der Waals surface area contributed by atoms with Crippen LogP contribution in [0.25, 0.3) is 5.57 Å². The summed E-state index contributed by atoms with van der Waals surface area (Å²) in [7, 11) is 0. The molecule has 2 aromatic carbocycles. The monoisotopic (exact) mass is 348 g/mol. The Balaban J connectivity index is 1.54. The van der Waals surface area contributed by atoms with Crippen molar-refractivity contribution >= 4 is 5.57 Å². The number of benzene rings is 2. The highest BCUT2D eigenvalue weighted by Gasteiger charge is 2.56. The van der Waals surface area contributed by atoms with Crippen molar-refractivity contribution in [1.82, 2.24) is 0 Å². The van der Waals surface area contributed by atoms with Gasteiger partial charge in [-0.1, -0.05) is 67.1 Å². The molecule has 1 saturated carbocycles. The molecule has 1 spiro atoms. The summed E-state index contributed by atoms with van der Waals surface area (Å²) in [5.41, 5.74) is 2.99. The molecule has 1 saturated heterocycles. The molecule has 2 fully saturated rings. The summed E-state index contributed by atoms with van der Waals surface area (Å²) in [4.78, 5) is 12.3.